The van der Waals surface area contributed by atoms with E-state index in [1.165, 1.54) is 17.2 Å². The van der Waals surface area contributed by atoms with Crippen LogP contribution in [0.2, 0.25) is 5.02 Å². The highest BCUT2D eigenvalue weighted by Gasteiger charge is 2.32. The molecule has 3 N–H and O–H groups in total. The minimum absolute atomic E-state index is 0.0145. The smallest absolute Gasteiger partial charge is 0.127 e. The average Bonchev–Trinajstić information content (AvgIpc) is 2.42. The predicted molar refractivity (Wildman–Crippen MR) is 79.1 cm³/mol. The second kappa shape index (κ2) is 5.52. The van der Waals surface area contributed by atoms with E-state index >= 15 is 0 Å². The summed E-state index contributed by atoms with van der Waals surface area (Å²) in [6.45, 7) is 0. The predicted octanol–water partition coefficient (Wildman–Crippen LogP) is 3.19. The van der Waals surface area contributed by atoms with Gasteiger partial charge in [-0.2, -0.15) is 0 Å². The molecule has 2 aromatic rings. The van der Waals surface area contributed by atoms with Crippen molar-refractivity contribution in [1.82, 2.24) is 5.43 Å². The van der Waals surface area contributed by atoms with Crippen molar-refractivity contribution in [3.05, 3.63) is 70.0 Å². The number of halogens is 2. The molecule has 104 valence electrons. The average molecular weight is 291 g/mol. The summed E-state index contributed by atoms with van der Waals surface area (Å²) >= 11 is 6.09. The largest absolute Gasteiger partial charge is 0.271 e. The molecule has 0 saturated carbocycles. The Morgan fingerprint density at radius 1 is 1.25 bits per heavy atom. The molecular weight excluding hydrogens is 275 g/mol. The molecule has 4 heteroatoms. The lowest BCUT2D eigenvalue weighted by molar-refractivity contribution is 0.399. The summed E-state index contributed by atoms with van der Waals surface area (Å²) in [6.07, 6.45) is 1.46. The van der Waals surface area contributed by atoms with Gasteiger partial charge in [-0.15, -0.1) is 0 Å². The molecule has 2 atom stereocenters. The summed E-state index contributed by atoms with van der Waals surface area (Å²) in [5.41, 5.74) is 5.99. The highest BCUT2D eigenvalue weighted by atomic mass is 35.5. The fourth-order valence-corrected chi connectivity index (χ4v) is 3.16. The first-order chi connectivity index (χ1) is 9.70. The number of nitrogens with one attached hydrogen (secondary N) is 1. The Kier molecular flexibility index (Phi) is 3.74. The van der Waals surface area contributed by atoms with Crippen LogP contribution in [0.4, 0.5) is 4.39 Å². The topological polar surface area (TPSA) is 38.0 Å². The summed E-state index contributed by atoms with van der Waals surface area (Å²) < 4.78 is 13.9. The minimum atomic E-state index is -0.273. The van der Waals surface area contributed by atoms with Gasteiger partial charge >= 0.3 is 0 Å². The molecule has 2 nitrogen and oxygen atoms in total. The van der Waals surface area contributed by atoms with E-state index in [4.69, 9.17) is 17.4 Å². The number of hydrazine groups is 1. The highest BCUT2D eigenvalue weighted by Crippen LogP contribution is 2.38. The SMILES string of the molecule is NNC(Cc1c(F)cccc1Cl)C1Cc2ccccc21. The Bertz CT molecular complexity index is 609. The normalized spacial score (nSPS) is 18.2. The van der Waals surface area contributed by atoms with Gasteiger partial charge in [0.2, 0.25) is 0 Å². The number of benzene rings is 2. The maximum absolute atomic E-state index is 13.9. The van der Waals surface area contributed by atoms with Gasteiger partial charge in [-0.1, -0.05) is 41.9 Å². The van der Waals surface area contributed by atoms with Gasteiger partial charge in [-0.25, -0.2) is 4.39 Å². The van der Waals surface area contributed by atoms with Crippen molar-refractivity contribution in [3.63, 3.8) is 0 Å². The molecule has 3 rings (SSSR count). The van der Waals surface area contributed by atoms with E-state index in [2.05, 4.69) is 17.6 Å². The minimum Gasteiger partial charge on any atom is -0.271 e. The third-order valence-electron chi connectivity index (χ3n) is 4.08. The summed E-state index contributed by atoms with van der Waals surface area (Å²) in [4.78, 5) is 0. The third-order valence-corrected chi connectivity index (χ3v) is 4.43. The zero-order valence-electron chi connectivity index (χ0n) is 10.9. The Morgan fingerprint density at radius 2 is 2.05 bits per heavy atom. The lowest BCUT2D eigenvalue weighted by atomic mass is 9.72. The van der Waals surface area contributed by atoms with Crippen molar-refractivity contribution >= 4 is 11.6 Å². The fraction of sp³-hybridized carbons (Fsp3) is 0.250. The Balaban J connectivity index is 1.83. The van der Waals surface area contributed by atoms with E-state index in [0.717, 1.165) is 6.42 Å². The van der Waals surface area contributed by atoms with Crippen molar-refractivity contribution in [2.24, 2.45) is 5.84 Å². The number of rotatable bonds is 4. The van der Waals surface area contributed by atoms with Crippen molar-refractivity contribution in [3.8, 4) is 0 Å². The summed E-state index contributed by atoms with van der Waals surface area (Å²) in [7, 11) is 0. The lowest BCUT2D eigenvalue weighted by Gasteiger charge is -2.36. The summed E-state index contributed by atoms with van der Waals surface area (Å²) in [5.74, 6) is 5.71. The zero-order valence-corrected chi connectivity index (χ0v) is 11.7. The van der Waals surface area contributed by atoms with Gasteiger partial charge in [-0.05, 0) is 36.1 Å². The monoisotopic (exact) mass is 290 g/mol. The number of nitrogens with two attached hydrogens (primary N) is 1. The molecule has 0 aromatic heterocycles. The van der Waals surface area contributed by atoms with Gasteiger partial charge in [0.25, 0.3) is 0 Å². The fourth-order valence-electron chi connectivity index (χ4n) is 2.92. The first-order valence-electron chi connectivity index (χ1n) is 6.67. The maximum atomic E-state index is 13.9. The number of hydrogen-bond donors (Lipinski definition) is 2. The van der Waals surface area contributed by atoms with E-state index in [1.807, 2.05) is 12.1 Å². The second-order valence-corrected chi connectivity index (χ2v) is 5.59. The van der Waals surface area contributed by atoms with E-state index in [-0.39, 0.29) is 11.9 Å². The van der Waals surface area contributed by atoms with Crippen LogP contribution in [0.3, 0.4) is 0 Å². The first-order valence-corrected chi connectivity index (χ1v) is 7.05. The van der Waals surface area contributed by atoms with Crippen LogP contribution < -0.4 is 11.3 Å². The van der Waals surface area contributed by atoms with Crippen LogP contribution in [-0.2, 0) is 12.8 Å². The van der Waals surface area contributed by atoms with E-state index in [1.54, 1.807) is 12.1 Å². The quantitative estimate of drug-likeness (QED) is 0.670. The van der Waals surface area contributed by atoms with Crippen LogP contribution in [0.5, 0.6) is 0 Å². The van der Waals surface area contributed by atoms with E-state index in [9.17, 15) is 4.39 Å². The molecule has 0 heterocycles. The van der Waals surface area contributed by atoms with Crippen LogP contribution in [0, 0.1) is 5.82 Å². The Labute approximate surface area is 122 Å². The number of hydrogen-bond acceptors (Lipinski definition) is 2. The van der Waals surface area contributed by atoms with Gasteiger partial charge in [0.05, 0.1) is 0 Å². The van der Waals surface area contributed by atoms with Crippen LogP contribution in [0.25, 0.3) is 0 Å². The van der Waals surface area contributed by atoms with Crippen molar-refractivity contribution < 1.29 is 4.39 Å². The zero-order chi connectivity index (χ0) is 14.1. The molecule has 2 unspecified atom stereocenters. The van der Waals surface area contributed by atoms with Crippen LogP contribution in [0.1, 0.15) is 22.6 Å². The first kappa shape index (κ1) is 13.6. The van der Waals surface area contributed by atoms with Gasteiger partial charge in [0, 0.05) is 22.5 Å². The van der Waals surface area contributed by atoms with Gasteiger partial charge in [0.1, 0.15) is 5.82 Å². The van der Waals surface area contributed by atoms with Crippen LogP contribution in [-0.4, -0.2) is 6.04 Å². The summed E-state index contributed by atoms with van der Waals surface area (Å²) in [5, 5.41) is 0.456. The molecule has 20 heavy (non-hydrogen) atoms. The lowest BCUT2D eigenvalue weighted by Crippen LogP contribution is -2.45. The number of fused-ring (bicyclic) bond motifs is 1. The molecule has 0 fully saturated rings. The Morgan fingerprint density at radius 3 is 2.75 bits per heavy atom. The molecule has 0 bridgehead atoms. The van der Waals surface area contributed by atoms with Crippen molar-refractivity contribution in [2.75, 3.05) is 0 Å². The molecule has 1 aliphatic carbocycles. The van der Waals surface area contributed by atoms with Gasteiger partial charge in [-0.3, -0.25) is 11.3 Å². The molecule has 0 aliphatic heterocycles. The molecule has 0 spiro atoms. The highest BCUT2D eigenvalue weighted by molar-refractivity contribution is 6.31. The summed E-state index contributed by atoms with van der Waals surface area (Å²) in [6, 6.07) is 13.0. The van der Waals surface area contributed by atoms with E-state index in [0.29, 0.717) is 22.9 Å². The molecule has 1 aliphatic rings. The maximum Gasteiger partial charge on any atom is 0.127 e. The van der Waals surface area contributed by atoms with Crippen molar-refractivity contribution in [2.45, 2.75) is 24.8 Å². The Hall–Kier alpha value is -1.42. The molecular formula is C16H16ClFN2. The molecule has 2 aromatic carbocycles. The molecule has 0 saturated heterocycles. The third kappa shape index (κ3) is 2.33. The standard InChI is InChI=1S/C16H16ClFN2/c17-14-6-3-7-15(18)13(14)9-16(20-19)12-8-10-4-1-2-5-11(10)12/h1-7,12,16,20H,8-9,19H2. The van der Waals surface area contributed by atoms with Gasteiger partial charge < -0.3 is 0 Å². The molecule has 0 radical (unpaired) electrons. The van der Waals surface area contributed by atoms with E-state index < -0.39 is 0 Å². The van der Waals surface area contributed by atoms with Gasteiger partial charge in [0.15, 0.2) is 0 Å². The van der Waals surface area contributed by atoms with Crippen molar-refractivity contribution in [1.29, 1.82) is 0 Å². The second-order valence-electron chi connectivity index (χ2n) is 5.19. The van der Waals surface area contributed by atoms with Crippen LogP contribution >= 0.6 is 11.6 Å². The van der Waals surface area contributed by atoms with Crippen LogP contribution in [0.15, 0.2) is 42.5 Å². The molecule has 0 amide bonds.